The van der Waals surface area contributed by atoms with E-state index in [4.69, 9.17) is 0 Å². The van der Waals surface area contributed by atoms with Crippen LogP contribution < -0.4 is 0 Å². The van der Waals surface area contributed by atoms with Crippen LogP contribution in [0.25, 0.3) is 88.4 Å². The zero-order valence-electron chi connectivity index (χ0n) is 34.1. The quantitative estimate of drug-likeness (QED) is 0.179. The number of para-hydroxylation sites is 2. The molecule has 288 valence electrons. The zero-order chi connectivity index (χ0) is 41.5. The largest absolute Gasteiger partial charge is 0.307 e. The molecule has 2 aliphatic rings. The van der Waals surface area contributed by atoms with Gasteiger partial charge >= 0.3 is 0 Å². The van der Waals surface area contributed by atoms with Gasteiger partial charge in [-0.25, -0.2) is 4.39 Å². The van der Waals surface area contributed by atoms with Crippen molar-refractivity contribution >= 4 is 43.6 Å². The lowest BCUT2D eigenvalue weighted by atomic mass is 9.82. The molecule has 0 N–H and O–H groups in total. The Labute approximate surface area is 352 Å². The normalized spacial score (nSPS) is 14.2. The molecule has 0 bridgehead atoms. The third-order valence-corrected chi connectivity index (χ3v) is 13.9. The van der Waals surface area contributed by atoms with Crippen LogP contribution in [0.4, 0.5) is 4.39 Å². The highest BCUT2D eigenvalue weighted by Gasteiger charge is 2.39. The standard InChI is InChI=1S/C56H37FN4/c1-55(2)43-22-12-8-18-33(43)37-26-39-35-20-10-14-24-47(35)60(49(39)28-45(37)55)53-41(30-58)52(57)42(31-59)54(51(53)32-16-6-5-7-17-32)61-48-25-15-11-21-36(48)40-27-38-34-19-9-13-23-44(34)56(3,4)46(38)29-50(40)61/h5-29H,1-4H3. The Bertz CT molecular complexity index is 3460. The van der Waals surface area contributed by atoms with Crippen molar-refractivity contribution in [3.05, 3.63) is 191 Å². The first-order chi connectivity index (χ1) is 29.6. The first kappa shape index (κ1) is 35.2. The molecule has 12 rings (SSSR count). The Morgan fingerprint density at radius 1 is 0.426 bits per heavy atom. The number of halogens is 1. The highest BCUT2D eigenvalue weighted by Crippen LogP contribution is 2.54. The molecule has 61 heavy (non-hydrogen) atoms. The minimum atomic E-state index is -0.839. The predicted octanol–water partition coefficient (Wildman–Crippen LogP) is 14.0. The Kier molecular flexibility index (Phi) is 7.03. The molecule has 0 radical (unpaired) electrons. The third-order valence-electron chi connectivity index (χ3n) is 13.9. The summed E-state index contributed by atoms with van der Waals surface area (Å²) in [5.41, 5.74) is 14.2. The fourth-order valence-corrected chi connectivity index (χ4v) is 11.0. The Morgan fingerprint density at radius 2 is 0.836 bits per heavy atom. The first-order valence-electron chi connectivity index (χ1n) is 20.8. The van der Waals surface area contributed by atoms with Crippen molar-refractivity contribution in [1.82, 2.24) is 9.13 Å². The van der Waals surface area contributed by atoms with Crippen molar-refractivity contribution in [3.8, 4) is 56.9 Å². The molecule has 0 saturated heterocycles. The molecule has 10 aromatic rings. The van der Waals surface area contributed by atoms with E-state index in [1.165, 1.54) is 44.5 Å². The van der Waals surface area contributed by atoms with Crippen LogP contribution in [-0.4, -0.2) is 9.13 Å². The van der Waals surface area contributed by atoms with E-state index in [-0.39, 0.29) is 22.0 Å². The van der Waals surface area contributed by atoms with Crippen molar-refractivity contribution in [1.29, 1.82) is 10.5 Å². The number of hydrogen-bond donors (Lipinski definition) is 0. The third kappa shape index (κ3) is 4.45. The minimum Gasteiger partial charge on any atom is -0.307 e. The van der Waals surface area contributed by atoms with Crippen LogP contribution in [0.1, 0.15) is 61.1 Å². The molecule has 2 aromatic heterocycles. The summed E-state index contributed by atoms with van der Waals surface area (Å²) in [7, 11) is 0. The number of benzene rings is 8. The summed E-state index contributed by atoms with van der Waals surface area (Å²) in [6.07, 6.45) is 0. The van der Waals surface area contributed by atoms with Crippen LogP contribution in [-0.2, 0) is 10.8 Å². The van der Waals surface area contributed by atoms with E-state index in [1.807, 2.05) is 54.6 Å². The Balaban J connectivity index is 1.28. The molecule has 5 heteroatoms. The highest BCUT2D eigenvalue weighted by molar-refractivity contribution is 6.15. The summed E-state index contributed by atoms with van der Waals surface area (Å²) in [4.78, 5) is 0. The number of nitriles is 2. The predicted molar refractivity (Wildman–Crippen MR) is 245 cm³/mol. The number of aromatic nitrogens is 2. The van der Waals surface area contributed by atoms with E-state index in [0.29, 0.717) is 16.9 Å². The smallest absolute Gasteiger partial charge is 0.163 e. The van der Waals surface area contributed by atoms with Gasteiger partial charge in [0.2, 0.25) is 0 Å². The van der Waals surface area contributed by atoms with Gasteiger partial charge in [-0.05, 0) is 86.5 Å². The van der Waals surface area contributed by atoms with Crippen LogP contribution in [0.2, 0.25) is 0 Å². The molecule has 0 fully saturated rings. The zero-order valence-corrected chi connectivity index (χ0v) is 34.1. The van der Waals surface area contributed by atoms with Crippen molar-refractivity contribution < 1.29 is 4.39 Å². The van der Waals surface area contributed by atoms with Crippen LogP contribution in [0, 0.1) is 28.5 Å². The van der Waals surface area contributed by atoms with Crippen LogP contribution in [0.3, 0.4) is 0 Å². The Morgan fingerprint density at radius 3 is 1.30 bits per heavy atom. The molecule has 8 aromatic carbocycles. The van der Waals surface area contributed by atoms with Crippen LogP contribution in [0.5, 0.6) is 0 Å². The fourth-order valence-electron chi connectivity index (χ4n) is 11.0. The minimum absolute atomic E-state index is 0.178. The SMILES string of the molecule is CC1(C)c2ccccc2-c2cc3c4ccccc4n(-c4c(C#N)c(F)c(C#N)c(-n5c6ccccc6c6cc7c(cc65)C(C)(C)c5ccccc5-7)c4-c4ccccc4)c3cc21. The lowest BCUT2D eigenvalue weighted by molar-refractivity contribution is 0.618. The summed E-state index contributed by atoms with van der Waals surface area (Å²) < 4.78 is 22.0. The Hall–Kier alpha value is -7.73. The van der Waals surface area contributed by atoms with Crippen molar-refractivity contribution in [2.75, 3.05) is 0 Å². The maximum absolute atomic E-state index is 17.8. The van der Waals surface area contributed by atoms with E-state index in [2.05, 4.69) is 146 Å². The topological polar surface area (TPSA) is 57.4 Å². The molecule has 0 unspecified atom stereocenters. The summed E-state index contributed by atoms with van der Waals surface area (Å²) in [5, 5.41) is 26.4. The number of rotatable bonds is 3. The second-order valence-corrected chi connectivity index (χ2v) is 17.6. The van der Waals surface area contributed by atoms with Gasteiger partial charge in [0.05, 0.1) is 33.4 Å². The van der Waals surface area contributed by atoms with Gasteiger partial charge < -0.3 is 9.13 Å². The molecular weight excluding hydrogens is 748 g/mol. The van der Waals surface area contributed by atoms with Gasteiger partial charge in [-0.1, -0.05) is 143 Å². The summed E-state index contributed by atoms with van der Waals surface area (Å²) in [5.74, 6) is -0.839. The maximum Gasteiger partial charge on any atom is 0.163 e. The van der Waals surface area contributed by atoms with Crippen molar-refractivity contribution in [3.63, 3.8) is 0 Å². The second kappa shape index (κ2) is 12.2. The highest BCUT2D eigenvalue weighted by atomic mass is 19.1. The van der Waals surface area contributed by atoms with Gasteiger partial charge in [-0.2, -0.15) is 10.5 Å². The molecule has 4 nitrogen and oxygen atoms in total. The molecule has 0 amide bonds. The summed E-state index contributed by atoms with van der Waals surface area (Å²) in [6.45, 7) is 9.02. The monoisotopic (exact) mass is 784 g/mol. The van der Waals surface area contributed by atoms with E-state index < -0.39 is 5.82 Å². The summed E-state index contributed by atoms with van der Waals surface area (Å²) in [6, 6.07) is 57.0. The van der Waals surface area contributed by atoms with Gasteiger partial charge in [0.1, 0.15) is 23.3 Å². The fraction of sp³-hybridized carbons (Fsp3) is 0.107. The number of hydrogen-bond acceptors (Lipinski definition) is 2. The molecule has 0 saturated carbocycles. The van der Waals surface area contributed by atoms with Crippen molar-refractivity contribution in [2.45, 2.75) is 38.5 Å². The van der Waals surface area contributed by atoms with Gasteiger partial charge in [0.25, 0.3) is 0 Å². The van der Waals surface area contributed by atoms with Crippen LogP contribution in [0.15, 0.2) is 152 Å². The van der Waals surface area contributed by atoms with E-state index in [1.54, 1.807) is 0 Å². The lowest BCUT2D eigenvalue weighted by Gasteiger charge is -2.25. The molecule has 2 heterocycles. The molecule has 0 aliphatic heterocycles. The lowest BCUT2D eigenvalue weighted by Crippen LogP contribution is -2.15. The number of fused-ring (bicyclic) bond motifs is 12. The van der Waals surface area contributed by atoms with Gasteiger partial charge in [-0.15, -0.1) is 0 Å². The van der Waals surface area contributed by atoms with Gasteiger partial charge in [-0.3, -0.25) is 0 Å². The molecule has 0 atom stereocenters. The second-order valence-electron chi connectivity index (χ2n) is 17.6. The maximum atomic E-state index is 17.8. The van der Waals surface area contributed by atoms with Gasteiger partial charge in [0.15, 0.2) is 5.82 Å². The first-order valence-corrected chi connectivity index (χ1v) is 20.8. The van der Waals surface area contributed by atoms with Gasteiger partial charge in [0, 0.05) is 37.9 Å². The van der Waals surface area contributed by atoms with E-state index in [9.17, 15) is 10.5 Å². The van der Waals surface area contributed by atoms with Crippen molar-refractivity contribution in [2.24, 2.45) is 0 Å². The average molecular weight is 785 g/mol. The number of nitrogens with zero attached hydrogens (tertiary/aromatic N) is 4. The molecule has 0 spiro atoms. The van der Waals surface area contributed by atoms with E-state index >= 15 is 4.39 Å². The average Bonchev–Trinajstić information content (AvgIpc) is 3.93. The van der Waals surface area contributed by atoms with Crippen LogP contribution >= 0.6 is 0 Å². The molecular formula is C56H37FN4. The molecule has 2 aliphatic carbocycles. The summed E-state index contributed by atoms with van der Waals surface area (Å²) >= 11 is 0. The van der Waals surface area contributed by atoms with E-state index in [0.717, 1.165) is 49.2 Å².